The normalized spacial score (nSPS) is 12.0. The molecule has 3 N–H and O–H groups in total. The maximum Gasteiger partial charge on any atom is 0.0633 e. The van der Waals surface area contributed by atoms with Gasteiger partial charge in [0.1, 0.15) is 0 Å². The molecule has 0 aromatic rings. The molecule has 0 aromatic carbocycles. The molecule has 0 bridgehead atoms. The molecule has 0 fully saturated rings. The zero-order valence-corrected chi connectivity index (χ0v) is 9.66. The zero-order chi connectivity index (χ0) is 11.6. The SMILES string of the molecule is COCCCOCCNC(C)(CO)CO. The molecule has 0 aliphatic rings. The smallest absolute Gasteiger partial charge is 0.0633 e. The van der Waals surface area contributed by atoms with E-state index in [9.17, 15) is 0 Å². The molecule has 0 rings (SSSR count). The second kappa shape index (κ2) is 9.06. The summed E-state index contributed by atoms with van der Waals surface area (Å²) in [6.45, 7) is 4.14. The van der Waals surface area contributed by atoms with E-state index in [4.69, 9.17) is 19.7 Å². The number of methoxy groups -OCH3 is 1. The van der Waals surface area contributed by atoms with Gasteiger partial charge >= 0.3 is 0 Å². The molecule has 92 valence electrons. The maximum absolute atomic E-state index is 8.98. The fourth-order valence-corrected chi connectivity index (χ4v) is 0.994. The highest BCUT2D eigenvalue weighted by atomic mass is 16.5. The van der Waals surface area contributed by atoms with Gasteiger partial charge in [0, 0.05) is 26.9 Å². The number of ether oxygens (including phenoxy) is 2. The van der Waals surface area contributed by atoms with Crippen molar-refractivity contribution in [2.75, 3.05) is 46.7 Å². The van der Waals surface area contributed by atoms with Gasteiger partial charge in [0.2, 0.25) is 0 Å². The summed E-state index contributed by atoms with van der Waals surface area (Å²) in [4.78, 5) is 0. The minimum absolute atomic E-state index is 0.0901. The van der Waals surface area contributed by atoms with Gasteiger partial charge in [-0.25, -0.2) is 0 Å². The summed E-state index contributed by atoms with van der Waals surface area (Å²) < 4.78 is 10.2. The van der Waals surface area contributed by atoms with Crippen molar-refractivity contribution in [2.45, 2.75) is 18.9 Å². The summed E-state index contributed by atoms with van der Waals surface area (Å²) >= 11 is 0. The van der Waals surface area contributed by atoms with E-state index in [1.54, 1.807) is 14.0 Å². The fourth-order valence-electron chi connectivity index (χ4n) is 0.994. The molecule has 0 aromatic heterocycles. The highest BCUT2D eigenvalue weighted by Crippen LogP contribution is 1.99. The molecule has 0 heterocycles. The maximum atomic E-state index is 8.98. The molecule has 5 nitrogen and oxygen atoms in total. The highest BCUT2D eigenvalue weighted by Gasteiger charge is 2.20. The number of hydrogen-bond donors (Lipinski definition) is 3. The van der Waals surface area contributed by atoms with Crippen molar-refractivity contribution in [2.24, 2.45) is 0 Å². The number of nitrogens with one attached hydrogen (secondary N) is 1. The first-order valence-electron chi connectivity index (χ1n) is 5.22. The Hall–Kier alpha value is -0.200. The summed E-state index contributed by atoms with van der Waals surface area (Å²) in [5, 5.41) is 21.0. The van der Waals surface area contributed by atoms with Crippen molar-refractivity contribution in [1.29, 1.82) is 0 Å². The fraction of sp³-hybridized carbons (Fsp3) is 1.00. The molecular formula is C10H23NO4. The van der Waals surface area contributed by atoms with Crippen LogP contribution in [0, 0.1) is 0 Å². The monoisotopic (exact) mass is 221 g/mol. The van der Waals surface area contributed by atoms with Gasteiger partial charge in [-0.2, -0.15) is 0 Å². The Morgan fingerprint density at radius 3 is 2.33 bits per heavy atom. The summed E-state index contributed by atoms with van der Waals surface area (Å²) in [6, 6.07) is 0. The standard InChI is InChI=1S/C10H23NO4/c1-10(8-12,9-13)11-4-7-15-6-3-5-14-2/h11-13H,3-9H2,1-2H3. The van der Waals surface area contributed by atoms with Gasteiger partial charge in [0.25, 0.3) is 0 Å². The minimum Gasteiger partial charge on any atom is -0.394 e. The average Bonchev–Trinajstić information content (AvgIpc) is 2.27. The van der Waals surface area contributed by atoms with E-state index in [0.29, 0.717) is 26.4 Å². The van der Waals surface area contributed by atoms with Gasteiger partial charge in [0.15, 0.2) is 0 Å². The Balaban J connectivity index is 3.29. The second-order valence-corrected chi connectivity index (χ2v) is 3.76. The van der Waals surface area contributed by atoms with Crippen LogP contribution in [0.2, 0.25) is 0 Å². The van der Waals surface area contributed by atoms with Crippen molar-refractivity contribution < 1.29 is 19.7 Å². The van der Waals surface area contributed by atoms with E-state index < -0.39 is 5.54 Å². The van der Waals surface area contributed by atoms with E-state index in [1.807, 2.05) is 0 Å². The predicted molar refractivity (Wildman–Crippen MR) is 57.9 cm³/mol. The first kappa shape index (κ1) is 14.8. The summed E-state index contributed by atoms with van der Waals surface area (Å²) in [5.41, 5.74) is -0.615. The molecule has 0 aliphatic carbocycles. The number of rotatable bonds is 10. The lowest BCUT2D eigenvalue weighted by molar-refractivity contribution is 0.0769. The van der Waals surface area contributed by atoms with Crippen LogP contribution in [0.25, 0.3) is 0 Å². The van der Waals surface area contributed by atoms with Crippen LogP contribution in [0.3, 0.4) is 0 Å². The Morgan fingerprint density at radius 1 is 1.13 bits per heavy atom. The van der Waals surface area contributed by atoms with Gasteiger partial charge in [-0.15, -0.1) is 0 Å². The van der Waals surface area contributed by atoms with Gasteiger partial charge in [-0.05, 0) is 13.3 Å². The molecule has 15 heavy (non-hydrogen) atoms. The first-order valence-corrected chi connectivity index (χ1v) is 5.22. The van der Waals surface area contributed by atoms with Crippen molar-refractivity contribution in [3.8, 4) is 0 Å². The number of aliphatic hydroxyl groups is 2. The molecule has 0 saturated heterocycles. The molecule has 0 saturated carbocycles. The summed E-state index contributed by atoms with van der Waals surface area (Å²) in [7, 11) is 1.66. The molecule has 0 atom stereocenters. The lowest BCUT2D eigenvalue weighted by Crippen LogP contribution is -2.50. The molecular weight excluding hydrogens is 198 g/mol. The average molecular weight is 221 g/mol. The quantitative estimate of drug-likeness (QED) is 0.429. The number of aliphatic hydroxyl groups excluding tert-OH is 2. The van der Waals surface area contributed by atoms with E-state index in [0.717, 1.165) is 6.42 Å². The van der Waals surface area contributed by atoms with Gasteiger partial charge < -0.3 is 25.0 Å². The Labute approximate surface area is 91.4 Å². The van der Waals surface area contributed by atoms with Crippen LogP contribution in [0.5, 0.6) is 0 Å². The van der Waals surface area contributed by atoms with E-state index in [-0.39, 0.29) is 13.2 Å². The highest BCUT2D eigenvalue weighted by molar-refractivity contribution is 4.80. The predicted octanol–water partition coefficient (Wildman–Crippen LogP) is -0.628. The molecule has 0 radical (unpaired) electrons. The van der Waals surface area contributed by atoms with Crippen LogP contribution in [-0.2, 0) is 9.47 Å². The van der Waals surface area contributed by atoms with Gasteiger partial charge in [-0.3, -0.25) is 0 Å². The van der Waals surface area contributed by atoms with Crippen LogP contribution < -0.4 is 5.32 Å². The molecule has 0 amide bonds. The van der Waals surface area contributed by atoms with Crippen molar-refractivity contribution in [1.82, 2.24) is 5.32 Å². The second-order valence-electron chi connectivity index (χ2n) is 3.76. The van der Waals surface area contributed by atoms with Crippen LogP contribution in [-0.4, -0.2) is 62.4 Å². The Bertz CT molecular complexity index is 139. The summed E-state index contributed by atoms with van der Waals surface area (Å²) in [5.74, 6) is 0. The molecule has 0 spiro atoms. The van der Waals surface area contributed by atoms with Crippen molar-refractivity contribution in [3.05, 3.63) is 0 Å². The van der Waals surface area contributed by atoms with Gasteiger partial charge in [0.05, 0.1) is 25.4 Å². The van der Waals surface area contributed by atoms with E-state index >= 15 is 0 Å². The van der Waals surface area contributed by atoms with Crippen molar-refractivity contribution in [3.63, 3.8) is 0 Å². The van der Waals surface area contributed by atoms with Crippen LogP contribution in [0.15, 0.2) is 0 Å². The third-order valence-electron chi connectivity index (χ3n) is 2.13. The third kappa shape index (κ3) is 7.70. The number of hydrogen-bond acceptors (Lipinski definition) is 5. The molecule has 0 aliphatic heterocycles. The van der Waals surface area contributed by atoms with Crippen LogP contribution in [0.1, 0.15) is 13.3 Å². The topological polar surface area (TPSA) is 71.0 Å². The minimum atomic E-state index is -0.615. The van der Waals surface area contributed by atoms with Crippen molar-refractivity contribution >= 4 is 0 Å². The van der Waals surface area contributed by atoms with E-state index in [2.05, 4.69) is 5.32 Å². The lowest BCUT2D eigenvalue weighted by atomic mass is 10.1. The Morgan fingerprint density at radius 2 is 1.80 bits per heavy atom. The zero-order valence-electron chi connectivity index (χ0n) is 9.66. The Kier molecular flexibility index (Phi) is 8.94. The molecule has 5 heteroatoms. The molecule has 0 unspecified atom stereocenters. The first-order chi connectivity index (χ1) is 7.18. The van der Waals surface area contributed by atoms with Crippen LogP contribution in [0.4, 0.5) is 0 Å². The largest absolute Gasteiger partial charge is 0.394 e. The van der Waals surface area contributed by atoms with E-state index in [1.165, 1.54) is 0 Å². The van der Waals surface area contributed by atoms with Crippen LogP contribution >= 0.6 is 0 Å². The third-order valence-corrected chi connectivity index (χ3v) is 2.13. The summed E-state index contributed by atoms with van der Waals surface area (Å²) in [6.07, 6.45) is 0.883. The lowest BCUT2D eigenvalue weighted by Gasteiger charge is -2.26. The van der Waals surface area contributed by atoms with Gasteiger partial charge in [-0.1, -0.05) is 0 Å².